The SMILES string of the molecule is CS(=O)(=O)c1cccc(C(=O)N2C3CCNCC2CC3)c1.Cl. The Hall–Kier alpha value is -1.11. The van der Waals surface area contributed by atoms with Crippen LogP contribution in [-0.4, -0.2) is 50.7 Å². The summed E-state index contributed by atoms with van der Waals surface area (Å²) in [5.41, 5.74) is 0.469. The smallest absolute Gasteiger partial charge is 0.254 e. The number of sulfone groups is 1. The molecular weight excluding hydrogens is 324 g/mol. The van der Waals surface area contributed by atoms with Gasteiger partial charge in [-0.25, -0.2) is 8.42 Å². The van der Waals surface area contributed by atoms with Gasteiger partial charge in [0.25, 0.3) is 5.91 Å². The molecule has 2 aliphatic rings. The molecule has 2 fully saturated rings. The first kappa shape index (κ1) is 17.2. The third kappa shape index (κ3) is 3.29. The van der Waals surface area contributed by atoms with Crippen LogP contribution in [0.15, 0.2) is 29.2 Å². The monoisotopic (exact) mass is 344 g/mol. The van der Waals surface area contributed by atoms with Crippen LogP contribution in [-0.2, 0) is 9.84 Å². The summed E-state index contributed by atoms with van der Waals surface area (Å²) in [6, 6.07) is 6.88. The van der Waals surface area contributed by atoms with Gasteiger partial charge >= 0.3 is 0 Å². The van der Waals surface area contributed by atoms with E-state index in [1.165, 1.54) is 12.1 Å². The quantitative estimate of drug-likeness (QED) is 0.882. The van der Waals surface area contributed by atoms with E-state index in [1.54, 1.807) is 12.1 Å². The van der Waals surface area contributed by atoms with Crippen LogP contribution in [0, 0.1) is 0 Å². The highest BCUT2D eigenvalue weighted by molar-refractivity contribution is 7.90. The molecule has 2 saturated heterocycles. The molecule has 2 aliphatic heterocycles. The maximum absolute atomic E-state index is 12.8. The van der Waals surface area contributed by atoms with Gasteiger partial charge in [0.1, 0.15) is 0 Å². The lowest BCUT2D eigenvalue weighted by atomic mass is 10.1. The van der Waals surface area contributed by atoms with Gasteiger partial charge in [0, 0.05) is 30.4 Å². The molecule has 0 aliphatic carbocycles. The number of amides is 1. The average molecular weight is 345 g/mol. The summed E-state index contributed by atoms with van der Waals surface area (Å²) in [5.74, 6) is -0.0447. The van der Waals surface area contributed by atoms with Gasteiger partial charge in [-0.2, -0.15) is 0 Å². The molecule has 1 N–H and O–H groups in total. The van der Waals surface area contributed by atoms with E-state index in [4.69, 9.17) is 0 Å². The molecule has 1 aromatic rings. The topological polar surface area (TPSA) is 66.5 Å². The molecule has 0 saturated carbocycles. The summed E-state index contributed by atoms with van der Waals surface area (Å²) in [7, 11) is -3.29. The van der Waals surface area contributed by atoms with Gasteiger partial charge in [0.2, 0.25) is 0 Å². The molecule has 0 aromatic heterocycles. The van der Waals surface area contributed by atoms with Crippen molar-refractivity contribution < 1.29 is 13.2 Å². The van der Waals surface area contributed by atoms with Crippen LogP contribution in [0.1, 0.15) is 29.6 Å². The number of benzene rings is 1. The van der Waals surface area contributed by atoms with Crippen molar-refractivity contribution in [2.75, 3.05) is 19.3 Å². The minimum absolute atomic E-state index is 0. The maximum atomic E-state index is 12.8. The first-order valence-corrected chi connectivity index (χ1v) is 9.19. The molecule has 3 rings (SSSR count). The van der Waals surface area contributed by atoms with E-state index in [1.807, 2.05) is 4.90 Å². The van der Waals surface area contributed by atoms with Crippen molar-refractivity contribution in [2.24, 2.45) is 0 Å². The molecule has 0 spiro atoms. The summed E-state index contributed by atoms with van der Waals surface area (Å²) in [4.78, 5) is 15.0. The molecule has 7 heteroatoms. The summed E-state index contributed by atoms with van der Waals surface area (Å²) in [6.45, 7) is 1.77. The molecule has 2 unspecified atom stereocenters. The van der Waals surface area contributed by atoms with E-state index < -0.39 is 9.84 Å². The van der Waals surface area contributed by atoms with E-state index in [2.05, 4.69) is 5.32 Å². The summed E-state index contributed by atoms with van der Waals surface area (Å²) >= 11 is 0. The summed E-state index contributed by atoms with van der Waals surface area (Å²) in [5, 5.41) is 3.36. The second-order valence-electron chi connectivity index (χ2n) is 5.89. The molecule has 1 amide bonds. The van der Waals surface area contributed by atoms with Crippen molar-refractivity contribution in [2.45, 2.75) is 36.2 Å². The van der Waals surface area contributed by atoms with Crippen molar-refractivity contribution in [1.82, 2.24) is 10.2 Å². The van der Waals surface area contributed by atoms with Crippen molar-refractivity contribution >= 4 is 28.2 Å². The number of fused-ring (bicyclic) bond motifs is 2. The van der Waals surface area contributed by atoms with Crippen molar-refractivity contribution in [3.05, 3.63) is 29.8 Å². The number of halogens is 1. The Morgan fingerprint density at radius 2 is 1.95 bits per heavy atom. The number of carbonyl (C=O) groups is 1. The molecule has 122 valence electrons. The van der Waals surface area contributed by atoms with Crippen LogP contribution >= 0.6 is 12.4 Å². The average Bonchev–Trinajstić information content (AvgIpc) is 2.70. The molecule has 5 nitrogen and oxygen atoms in total. The van der Waals surface area contributed by atoms with Gasteiger partial charge in [0.05, 0.1) is 4.90 Å². The largest absolute Gasteiger partial charge is 0.331 e. The molecule has 0 radical (unpaired) electrons. The Balaban J connectivity index is 0.00000176. The second-order valence-corrected chi connectivity index (χ2v) is 7.91. The molecular formula is C15H21ClN2O3S. The fourth-order valence-corrected chi connectivity index (χ4v) is 3.99. The Bertz CT molecular complexity index is 649. The lowest BCUT2D eigenvalue weighted by Gasteiger charge is -2.28. The molecule has 22 heavy (non-hydrogen) atoms. The minimum Gasteiger partial charge on any atom is -0.331 e. The van der Waals surface area contributed by atoms with Crippen molar-refractivity contribution in [3.63, 3.8) is 0 Å². The van der Waals surface area contributed by atoms with E-state index in [0.29, 0.717) is 5.56 Å². The molecule has 1 aromatic carbocycles. The zero-order valence-electron chi connectivity index (χ0n) is 12.5. The van der Waals surface area contributed by atoms with Gasteiger partial charge in [-0.1, -0.05) is 6.07 Å². The first-order chi connectivity index (χ1) is 9.97. The van der Waals surface area contributed by atoms with Gasteiger partial charge < -0.3 is 10.2 Å². The number of hydrogen-bond donors (Lipinski definition) is 1. The zero-order valence-corrected chi connectivity index (χ0v) is 14.1. The Morgan fingerprint density at radius 3 is 2.68 bits per heavy atom. The standard InChI is InChI=1S/C15H20N2O3S.ClH/c1-21(19,20)14-4-2-3-11(9-14)15(18)17-12-5-6-13(17)10-16-8-7-12;/h2-4,9,12-13,16H,5-8,10H2,1H3;1H. The summed E-state index contributed by atoms with van der Waals surface area (Å²) in [6.07, 6.45) is 4.20. The maximum Gasteiger partial charge on any atom is 0.254 e. The zero-order chi connectivity index (χ0) is 15.0. The van der Waals surface area contributed by atoms with E-state index in [0.717, 1.165) is 38.6 Å². The van der Waals surface area contributed by atoms with Crippen molar-refractivity contribution in [3.8, 4) is 0 Å². The highest BCUT2D eigenvalue weighted by Gasteiger charge is 2.38. The van der Waals surface area contributed by atoms with Crippen LogP contribution < -0.4 is 5.32 Å². The van der Waals surface area contributed by atoms with Gasteiger partial charge in [-0.05, 0) is 44.0 Å². The van der Waals surface area contributed by atoms with Gasteiger partial charge in [0.15, 0.2) is 9.84 Å². The highest BCUT2D eigenvalue weighted by Crippen LogP contribution is 2.29. The molecule has 2 atom stereocenters. The van der Waals surface area contributed by atoms with Crippen LogP contribution in [0.5, 0.6) is 0 Å². The van der Waals surface area contributed by atoms with Crippen LogP contribution in [0.2, 0.25) is 0 Å². The number of nitrogens with zero attached hydrogens (tertiary/aromatic N) is 1. The normalized spacial score (nSPS) is 24.5. The number of hydrogen-bond acceptors (Lipinski definition) is 4. The van der Waals surface area contributed by atoms with E-state index in [-0.39, 0.29) is 35.3 Å². The van der Waals surface area contributed by atoms with E-state index in [9.17, 15) is 13.2 Å². The predicted molar refractivity (Wildman–Crippen MR) is 87.3 cm³/mol. The van der Waals surface area contributed by atoms with Crippen molar-refractivity contribution in [1.29, 1.82) is 0 Å². The lowest BCUT2D eigenvalue weighted by molar-refractivity contribution is 0.0680. The van der Waals surface area contributed by atoms with Crippen LogP contribution in [0.4, 0.5) is 0 Å². The fourth-order valence-electron chi connectivity index (χ4n) is 3.32. The van der Waals surface area contributed by atoms with Gasteiger partial charge in [-0.15, -0.1) is 12.4 Å². The third-order valence-corrected chi connectivity index (χ3v) is 5.51. The fraction of sp³-hybridized carbons (Fsp3) is 0.533. The van der Waals surface area contributed by atoms with Crippen LogP contribution in [0.3, 0.4) is 0 Å². The first-order valence-electron chi connectivity index (χ1n) is 7.30. The third-order valence-electron chi connectivity index (χ3n) is 4.40. The Kier molecular flexibility index (Phi) is 5.14. The number of rotatable bonds is 2. The Labute approximate surface area is 137 Å². The number of carbonyl (C=O) groups excluding carboxylic acids is 1. The highest BCUT2D eigenvalue weighted by atomic mass is 35.5. The summed E-state index contributed by atoms with van der Waals surface area (Å²) < 4.78 is 23.3. The predicted octanol–water partition coefficient (Wildman–Crippen LogP) is 1.48. The van der Waals surface area contributed by atoms with Crippen LogP contribution in [0.25, 0.3) is 0 Å². The second kappa shape index (κ2) is 6.56. The minimum atomic E-state index is -3.29. The van der Waals surface area contributed by atoms with E-state index >= 15 is 0 Å². The Morgan fingerprint density at radius 1 is 1.23 bits per heavy atom. The number of nitrogens with one attached hydrogen (secondary N) is 1. The molecule has 2 bridgehead atoms. The lowest BCUT2D eigenvalue weighted by Crippen LogP contribution is -2.42. The van der Waals surface area contributed by atoms with Gasteiger partial charge in [-0.3, -0.25) is 4.79 Å². The molecule has 2 heterocycles.